The lowest BCUT2D eigenvalue weighted by Gasteiger charge is -2.07. The molecule has 0 heterocycles. The van der Waals surface area contributed by atoms with Crippen molar-refractivity contribution in [3.8, 4) is 22.6 Å². The Labute approximate surface area is 106 Å². The first-order valence-corrected chi connectivity index (χ1v) is 5.60. The maximum atomic E-state index is 6.09. The Kier molecular flexibility index (Phi) is 3.55. The van der Waals surface area contributed by atoms with Crippen molar-refractivity contribution >= 4 is 11.6 Å². The molecule has 0 aromatic heterocycles. The van der Waals surface area contributed by atoms with Gasteiger partial charge in [0.15, 0.2) is 0 Å². The van der Waals surface area contributed by atoms with Crippen LogP contribution in [0.25, 0.3) is 11.1 Å². The van der Waals surface area contributed by atoms with Gasteiger partial charge in [0.25, 0.3) is 0 Å². The van der Waals surface area contributed by atoms with Gasteiger partial charge >= 0.3 is 0 Å². The lowest BCUT2D eigenvalue weighted by molar-refractivity contribution is 0.414. The van der Waals surface area contributed by atoms with Crippen molar-refractivity contribution in [1.29, 1.82) is 0 Å². The summed E-state index contributed by atoms with van der Waals surface area (Å²) in [5, 5.41) is 0.612. The Hall–Kier alpha value is -1.67. The SMILES string of the molecule is COc1ccc(-c2ccc(OC)c(Cl)c2)cc1. The van der Waals surface area contributed by atoms with Crippen LogP contribution < -0.4 is 9.47 Å². The summed E-state index contributed by atoms with van der Waals surface area (Å²) >= 11 is 6.09. The summed E-state index contributed by atoms with van der Waals surface area (Å²) in [6.07, 6.45) is 0. The second-order valence-corrected chi connectivity index (χ2v) is 3.99. The highest BCUT2D eigenvalue weighted by Crippen LogP contribution is 2.30. The van der Waals surface area contributed by atoms with E-state index >= 15 is 0 Å². The summed E-state index contributed by atoms with van der Waals surface area (Å²) in [7, 11) is 3.26. The first-order chi connectivity index (χ1) is 8.24. The molecule has 0 fully saturated rings. The third kappa shape index (κ3) is 2.53. The van der Waals surface area contributed by atoms with Crippen LogP contribution in [0, 0.1) is 0 Å². The molecule has 88 valence electrons. The van der Waals surface area contributed by atoms with Crippen molar-refractivity contribution < 1.29 is 9.47 Å². The molecule has 0 N–H and O–H groups in total. The second kappa shape index (κ2) is 5.11. The van der Waals surface area contributed by atoms with Crippen molar-refractivity contribution in [3.05, 3.63) is 47.5 Å². The zero-order valence-electron chi connectivity index (χ0n) is 9.74. The van der Waals surface area contributed by atoms with Gasteiger partial charge in [0.1, 0.15) is 11.5 Å². The molecule has 3 heteroatoms. The van der Waals surface area contributed by atoms with Crippen LogP contribution in [0.15, 0.2) is 42.5 Å². The largest absolute Gasteiger partial charge is 0.497 e. The molecule has 17 heavy (non-hydrogen) atoms. The molecule has 0 aliphatic carbocycles. The fourth-order valence-electron chi connectivity index (χ4n) is 1.63. The maximum absolute atomic E-state index is 6.09. The van der Waals surface area contributed by atoms with Gasteiger partial charge in [-0.25, -0.2) is 0 Å². The number of rotatable bonds is 3. The lowest BCUT2D eigenvalue weighted by atomic mass is 10.1. The van der Waals surface area contributed by atoms with Gasteiger partial charge in [0, 0.05) is 0 Å². The highest BCUT2D eigenvalue weighted by Gasteiger charge is 2.03. The van der Waals surface area contributed by atoms with Crippen molar-refractivity contribution in [1.82, 2.24) is 0 Å². The van der Waals surface area contributed by atoms with Crippen LogP contribution in [-0.2, 0) is 0 Å². The summed E-state index contributed by atoms with van der Waals surface area (Å²) < 4.78 is 10.2. The van der Waals surface area contributed by atoms with E-state index in [4.69, 9.17) is 21.1 Å². The minimum atomic E-state index is 0.612. The van der Waals surface area contributed by atoms with Gasteiger partial charge in [0.05, 0.1) is 19.2 Å². The molecule has 0 atom stereocenters. The van der Waals surface area contributed by atoms with Gasteiger partial charge in [-0.1, -0.05) is 29.8 Å². The Balaban J connectivity index is 2.35. The maximum Gasteiger partial charge on any atom is 0.137 e. The molecular weight excluding hydrogens is 236 g/mol. The summed E-state index contributed by atoms with van der Waals surface area (Å²) in [6.45, 7) is 0. The first-order valence-electron chi connectivity index (χ1n) is 5.22. The Morgan fingerprint density at radius 3 is 2.00 bits per heavy atom. The van der Waals surface area contributed by atoms with Crippen molar-refractivity contribution in [3.63, 3.8) is 0 Å². The minimum absolute atomic E-state index is 0.612. The molecule has 0 spiro atoms. The van der Waals surface area contributed by atoms with Crippen molar-refractivity contribution in [2.45, 2.75) is 0 Å². The van der Waals surface area contributed by atoms with E-state index in [0.717, 1.165) is 16.9 Å². The van der Waals surface area contributed by atoms with Gasteiger partial charge in [-0.15, -0.1) is 0 Å². The zero-order valence-corrected chi connectivity index (χ0v) is 10.5. The number of methoxy groups -OCH3 is 2. The van der Waals surface area contributed by atoms with E-state index in [-0.39, 0.29) is 0 Å². The third-order valence-corrected chi connectivity index (χ3v) is 2.87. The number of ether oxygens (including phenoxy) is 2. The summed E-state index contributed by atoms with van der Waals surface area (Å²) in [5.74, 6) is 1.53. The molecule has 0 saturated carbocycles. The average molecular weight is 249 g/mol. The Morgan fingerprint density at radius 2 is 1.47 bits per heavy atom. The molecule has 0 amide bonds. The molecule has 0 radical (unpaired) electrons. The lowest BCUT2D eigenvalue weighted by Crippen LogP contribution is -1.86. The summed E-state index contributed by atoms with van der Waals surface area (Å²) in [5.41, 5.74) is 2.15. The molecular formula is C14H13ClO2. The van der Waals surface area contributed by atoms with E-state index in [1.54, 1.807) is 14.2 Å². The van der Waals surface area contributed by atoms with Gasteiger partial charge in [-0.05, 0) is 35.4 Å². The predicted octanol–water partition coefficient (Wildman–Crippen LogP) is 4.02. The summed E-state index contributed by atoms with van der Waals surface area (Å²) in [4.78, 5) is 0. The topological polar surface area (TPSA) is 18.5 Å². The van der Waals surface area contributed by atoms with Crippen LogP contribution in [0.3, 0.4) is 0 Å². The van der Waals surface area contributed by atoms with Crippen LogP contribution in [-0.4, -0.2) is 14.2 Å². The Morgan fingerprint density at radius 1 is 0.824 bits per heavy atom. The number of halogens is 1. The van der Waals surface area contributed by atoms with Crippen LogP contribution >= 0.6 is 11.6 Å². The van der Waals surface area contributed by atoms with E-state index in [9.17, 15) is 0 Å². The van der Waals surface area contributed by atoms with Gasteiger partial charge < -0.3 is 9.47 Å². The van der Waals surface area contributed by atoms with E-state index in [2.05, 4.69) is 0 Å². The molecule has 0 unspecified atom stereocenters. The average Bonchev–Trinajstić information content (AvgIpc) is 2.39. The predicted molar refractivity (Wildman–Crippen MR) is 70.0 cm³/mol. The molecule has 0 aliphatic heterocycles. The fourth-order valence-corrected chi connectivity index (χ4v) is 1.89. The van der Waals surface area contributed by atoms with E-state index in [0.29, 0.717) is 10.8 Å². The second-order valence-electron chi connectivity index (χ2n) is 3.58. The summed E-state index contributed by atoms with van der Waals surface area (Å²) in [6, 6.07) is 13.6. The quantitative estimate of drug-likeness (QED) is 0.817. The van der Waals surface area contributed by atoms with Crippen LogP contribution in [0.2, 0.25) is 5.02 Å². The standard InChI is InChI=1S/C14H13ClO2/c1-16-12-6-3-10(4-7-12)11-5-8-14(17-2)13(15)9-11/h3-9H,1-2H3. The monoisotopic (exact) mass is 248 g/mol. The highest BCUT2D eigenvalue weighted by atomic mass is 35.5. The van der Waals surface area contributed by atoms with Crippen molar-refractivity contribution in [2.24, 2.45) is 0 Å². The number of hydrogen-bond donors (Lipinski definition) is 0. The molecule has 2 aromatic carbocycles. The van der Waals surface area contributed by atoms with Crippen LogP contribution in [0.5, 0.6) is 11.5 Å². The van der Waals surface area contributed by atoms with Gasteiger partial charge in [-0.2, -0.15) is 0 Å². The molecule has 0 aliphatic rings. The van der Waals surface area contributed by atoms with Gasteiger partial charge in [-0.3, -0.25) is 0 Å². The fraction of sp³-hybridized carbons (Fsp3) is 0.143. The molecule has 2 rings (SSSR count). The molecule has 2 nitrogen and oxygen atoms in total. The van der Waals surface area contributed by atoms with Gasteiger partial charge in [0.2, 0.25) is 0 Å². The molecule has 0 saturated heterocycles. The highest BCUT2D eigenvalue weighted by molar-refractivity contribution is 6.32. The van der Waals surface area contributed by atoms with Crippen LogP contribution in [0.1, 0.15) is 0 Å². The molecule has 0 bridgehead atoms. The number of hydrogen-bond acceptors (Lipinski definition) is 2. The zero-order chi connectivity index (χ0) is 12.3. The smallest absolute Gasteiger partial charge is 0.137 e. The van der Waals surface area contributed by atoms with E-state index in [1.165, 1.54) is 0 Å². The van der Waals surface area contributed by atoms with E-state index in [1.807, 2.05) is 42.5 Å². The normalized spacial score (nSPS) is 10.1. The third-order valence-electron chi connectivity index (χ3n) is 2.58. The minimum Gasteiger partial charge on any atom is -0.497 e. The number of benzene rings is 2. The molecule has 2 aromatic rings. The van der Waals surface area contributed by atoms with Crippen molar-refractivity contribution in [2.75, 3.05) is 14.2 Å². The Bertz CT molecular complexity index is 506. The van der Waals surface area contributed by atoms with E-state index < -0.39 is 0 Å². The van der Waals surface area contributed by atoms with Crippen LogP contribution in [0.4, 0.5) is 0 Å². The first kappa shape index (κ1) is 11.8.